The maximum absolute atomic E-state index is 12.9. The summed E-state index contributed by atoms with van der Waals surface area (Å²) in [7, 11) is 0. The van der Waals surface area contributed by atoms with Crippen molar-refractivity contribution in [3.05, 3.63) is 35.9 Å². The van der Waals surface area contributed by atoms with Crippen LogP contribution in [-0.4, -0.2) is 49.6 Å². The highest BCUT2D eigenvalue weighted by Crippen LogP contribution is 2.24. The van der Waals surface area contributed by atoms with E-state index in [1.807, 2.05) is 18.2 Å². The molecule has 24 heavy (non-hydrogen) atoms. The van der Waals surface area contributed by atoms with Crippen molar-refractivity contribution in [2.45, 2.75) is 39.3 Å². The second kappa shape index (κ2) is 8.53. The van der Waals surface area contributed by atoms with E-state index < -0.39 is 17.7 Å². The van der Waals surface area contributed by atoms with Crippen LogP contribution in [0.4, 0.5) is 8.78 Å². The molecule has 6 heteroatoms. The lowest BCUT2D eigenvalue weighted by Crippen LogP contribution is -2.46. The highest BCUT2D eigenvalue weighted by molar-refractivity contribution is 5.82. The standard InChI is InChI=1S/C18H26F2N2O2/c1-18(2,16(19)20)17(23)21-11-15-13-22(9-6-10-24-15)12-14-7-4-3-5-8-14/h3-5,7-8,15-16H,6,9-13H2,1-2H3,(H,21,23)/t15-/m0/s1. The van der Waals surface area contributed by atoms with Gasteiger partial charge in [-0.3, -0.25) is 9.69 Å². The molecule has 1 amide bonds. The van der Waals surface area contributed by atoms with E-state index in [0.717, 1.165) is 19.5 Å². The van der Waals surface area contributed by atoms with Gasteiger partial charge in [0, 0.05) is 32.8 Å². The Morgan fingerprint density at radius 3 is 2.75 bits per heavy atom. The van der Waals surface area contributed by atoms with Gasteiger partial charge in [-0.15, -0.1) is 0 Å². The molecule has 134 valence electrons. The molecule has 1 atom stereocenters. The van der Waals surface area contributed by atoms with Gasteiger partial charge in [0.1, 0.15) is 5.41 Å². The predicted octanol–water partition coefficient (Wildman–Crippen LogP) is 2.69. The van der Waals surface area contributed by atoms with Crippen LogP contribution in [0, 0.1) is 5.41 Å². The number of carbonyl (C=O) groups is 1. The normalized spacial score (nSPS) is 20.0. The SMILES string of the molecule is CC(C)(C(=O)NC[C@H]1CN(Cc2ccccc2)CCCO1)C(F)F. The van der Waals surface area contributed by atoms with Crippen molar-refractivity contribution < 1.29 is 18.3 Å². The minimum atomic E-state index is -2.69. The second-order valence-electron chi connectivity index (χ2n) is 6.80. The topological polar surface area (TPSA) is 41.6 Å². The molecule has 1 saturated heterocycles. The van der Waals surface area contributed by atoms with E-state index in [2.05, 4.69) is 22.3 Å². The van der Waals surface area contributed by atoms with Gasteiger partial charge in [0.05, 0.1) is 6.10 Å². The first-order chi connectivity index (χ1) is 11.4. The number of amides is 1. The second-order valence-corrected chi connectivity index (χ2v) is 6.80. The van der Waals surface area contributed by atoms with Crippen molar-refractivity contribution >= 4 is 5.91 Å². The van der Waals surface area contributed by atoms with Crippen LogP contribution in [-0.2, 0) is 16.1 Å². The average Bonchev–Trinajstić information content (AvgIpc) is 2.78. The van der Waals surface area contributed by atoms with Crippen molar-refractivity contribution in [3.63, 3.8) is 0 Å². The van der Waals surface area contributed by atoms with Gasteiger partial charge >= 0.3 is 0 Å². The van der Waals surface area contributed by atoms with E-state index in [9.17, 15) is 13.6 Å². The summed E-state index contributed by atoms with van der Waals surface area (Å²) >= 11 is 0. The summed E-state index contributed by atoms with van der Waals surface area (Å²) < 4.78 is 31.5. The van der Waals surface area contributed by atoms with Crippen LogP contribution >= 0.6 is 0 Å². The summed E-state index contributed by atoms with van der Waals surface area (Å²) in [6.45, 7) is 5.78. The molecule has 0 aromatic heterocycles. The van der Waals surface area contributed by atoms with Gasteiger partial charge in [-0.1, -0.05) is 30.3 Å². The summed E-state index contributed by atoms with van der Waals surface area (Å²) in [5, 5.41) is 2.62. The minimum absolute atomic E-state index is 0.186. The summed E-state index contributed by atoms with van der Waals surface area (Å²) in [6.07, 6.45) is -1.96. The fourth-order valence-corrected chi connectivity index (χ4v) is 2.61. The van der Waals surface area contributed by atoms with Gasteiger partial charge in [-0.25, -0.2) is 8.78 Å². The number of hydrogen-bond donors (Lipinski definition) is 1. The highest BCUT2D eigenvalue weighted by atomic mass is 19.3. The van der Waals surface area contributed by atoms with Crippen molar-refractivity contribution in [1.29, 1.82) is 0 Å². The van der Waals surface area contributed by atoms with Gasteiger partial charge in [0.2, 0.25) is 5.91 Å². The summed E-state index contributed by atoms with van der Waals surface area (Å²) in [5.41, 5.74) is -0.463. The zero-order chi connectivity index (χ0) is 17.6. The molecule has 1 N–H and O–H groups in total. The van der Waals surface area contributed by atoms with E-state index in [4.69, 9.17) is 4.74 Å². The van der Waals surface area contributed by atoms with Crippen molar-refractivity contribution in [1.82, 2.24) is 10.2 Å². The third kappa shape index (κ3) is 5.24. The number of alkyl halides is 2. The molecule has 0 saturated carbocycles. The van der Waals surface area contributed by atoms with E-state index in [1.165, 1.54) is 19.4 Å². The van der Waals surface area contributed by atoms with Crippen LogP contribution in [0.15, 0.2) is 30.3 Å². The molecule has 2 rings (SSSR count). The average molecular weight is 340 g/mol. The van der Waals surface area contributed by atoms with Gasteiger partial charge in [-0.05, 0) is 25.8 Å². The molecule has 1 heterocycles. The molecule has 0 bridgehead atoms. The Bertz CT molecular complexity index is 523. The van der Waals surface area contributed by atoms with Crippen LogP contribution < -0.4 is 5.32 Å². The monoisotopic (exact) mass is 340 g/mol. The first-order valence-corrected chi connectivity index (χ1v) is 8.34. The third-order valence-electron chi connectivity index (χ3n) is 4.30. The van der Waals surface area contributed by atoms with Crippen LogP contribution in [0.3, 0.4) is 0 Å². The van der Waals surface area contributed by atoms with Crippen molar-refractivity contribution in [2.24, 2.45) is 5.41 Å². The number of ether oxygens (including phenoxy) is 1. The maximum atomic E-state index is 12.9. The summed E-state index contributed by atoms with van der Waals surface area (Å²) in [5.74, 6) is -0.639. The highest BCUT2D eigenvalue weighted by Gasteiger charge is 2.37. The van der Waals surface area contributed by atoms with E-state index in [1.54, 1.807) is 0 Å². The Morgan fingerprint density at radius 1 is 1.38 bits per heavy atom. The molecule has 1 aliphatic rings. The largest absolute Gasteiger partial charge is 0.375 e. The molecule has 1 aromatic carbocycles. The Kier molecular flexibility index (Phi) is 6.69. The molecule has 0 unspecified atom stereocenters. The number of nitrogens with one attached hydrogen (secondary N) is 1. The molecule has 1 aliphatic heterocycles. The zero-order valence-corrected chi connectivity index (χ0v) is 14.3. The van der Waals surface area contributed by atoms with Gasteiger partial charge < -0.3 is 10.1 Å². The smallest absolute Gasteiger partial charge is 0.252 e. The Hall–Kier alpha value is -1.53. The van der Waals surface area contributed by atoms with Gasteiger partial charge in [-0.2, -0.15) is 0 Å². The van der Waals surface area contributed by atoms with E-state index >= 15 is 0 Å². The third-order valence-corrected chi connectivity index (χ3v) is 4.30. The summed E-state index contributed by atoms with van der Waals surface area (Å²) in [6, 6.07) is 10.2. The molecular formula is C18H26F2N2O2. The first-order valence-electron chi connectivity index (χ1n) is 8.34. The Labute approximate surface area is 142 Å². The number of carbonyl (C=O) groups excluding carboxylic acids is 1. The molecule has 4 nitrogen and oxygen atoms in total. The number of hydrogen-bond acceptors (Lipinski definition) is 3. The van der Waals surface area contributed by atoms with Crippen LogP contribution in [0.5, 0.6) is 0 Å². The molecule has 1 fully saturated rings. The number of nitrogens with zero attached hydrogens (tertiary/aromatic N) is 1. The van der Waals surface area contributed by atoms with Crippen molar-refractivity contribution in [3.8, 4) is 0 Å². The summed E-state index contributed by atoms with van der Waals surface area (Å²) in [4.78, 5) is 14.2. The van der Waals surface area contributed by atoms with Crippen LogP contribution in [0.2, 0.25) is 0 Å². The molecular weight excluding hydrogens is 314 g/mol. The lowest BCUT2D eigenvalue weighted by Gasteiger charge is -2.26. The van der Waals surface area contributed by atoms with Crippen LogP contribution in [0.1, 0.15) is 25.8 Å². The molecule has 1 aromatic rings. The lowest BCUT2D eigenvalue weighted by molar-refractivity contribution is -0.138. The maximum Gasteiger partial charge on any atom is 0.252 e. The molecule has 0 aliphatic carbocycles. The van der Waals surface area contributed by atoms with E-state index in [-0.39, 0.29) is 12.6 Å². The molecule has 0 radical (unpaired) electrons. The van der Waals surface area contributed by atoms with Crippen molar-refractivity contribution in [2.75, 3.05) is 26.2 Å². The zero-order valence-electron chi connectivity index (χ0n) is 14.3. The fourth-order valence-electron chi connectivity index (χ4n) is 2.61. The Balaban J connectivity index is 1.87. The van der Waals surface area contributed by atoms with Gasteiger partial charge in [0.15, 0.2) is 0 Å². The van der Waals surface area contributed by atoms with Crippen LogP contribution in [0.25, 0.3) is 0 Å². The van der Waals surface area contributed by atoms with Gasteiger partial charge in [0.25, 0.3) is 6.43 Å². The Morgan fingerprint density at radius 2 is 2.08 bits per heavy atom. The molecule has 0 spiro atoms. The number of halogens is 2. The number of benzene rings is 1. The predicted molar refractivity (Wildman–Crippen MR) is 88.9 cm³/mol. The quantitative estimate of drug-likeness (QED) is 0.866. The lowest BCUT2D eigenvalue weighted by atomic mass is 9.93. The minimum Gasteiger partial charge on any atom is -0.375 e. The fraction of sp³-hybridized carbons (Fsp3) is 0.611. The number of rotatable bonds is 6. The first kappa shape index (κ1) is 18.8. The van der Waals surface area contributed by atoms with E-state index in [0.29, 0.717) is 13.2 Å².